The number of carbonyl (C=O) groups excluding carboxylic acids is 1. The van der Waals surface area contributed by atoms with Crippen molar-refractivity contribution in [3.63, 3.8) is 0 Å². The number of likely N-dealkylation sites (tertiary alicyclic amines) is 2. The lowest BCUT2D eigenvalue weighted by molar-refractivity contribution is -0.127. The van der Waals surface area contributed by atoms with Crippen LogP contribution in [0.4, 0.5) is 0 Å². The minimum Gasteiger partial charge on any atom is -0.338 e. The molecule has 0 bridgehead atoms. The summed E-state index contributed by atoms with van der Waals surface area (Å²) >= 11 is 0. The summed E-state index contributed by atoms with van der Waals surface area (Å²) in [4.78, 5) is 17.1. The van der Waals surface area contributed by atoms with Crippen molar-refractivity contribution >= 4 is 12.0 Å². The summed E-state index contributed by atoms with van der Waals surface area (Å²) in [5.74, 6) is 0.314. The van der Waals surface area contributed by atoms with Crippen LogP contribution in [0.25, 0.3) is 6.08 Å². The van der Waals surface area contributed by atoms with E-state index in [2.05, 4.69) is 41.2 Å². The summed E-state index contributed by atoms with van der Waals surface area (Å²) in [6.07, 6.45) is 9.14. The first-order valence-corrected chi connectivity index (χ1v) is 10.2. The number of hydrogen-bond acceptors (Lipinski definition) is 3. The maximum atomic E-state index is 12.6. The SMILES string of the molecule is Cc1c(CN2CCC3(CC2)CC(=O)N(CC=Cc2ccccc2)C3)cnn1C. The van der Waals surface area contributed by atoms with E-state index in [1.807, 2.05) is 41.0 Å². The first kappa shape index (κ1) is 18.9. The molecule has 28 heavy (non-hydrogen) atoms. The molecule has 1 aromatic heterocycles. The minimum atomic E-state index is 0.179. The van der Waals surface area contributed by atoms with E-state index in [-0.39, 0.29) is 5.41 Å². The van der Waals surface area contributed by atoms with Crippen molar-refractivity contribution in [2.75, 3.05) is 26.2 Å². The van der Waals surface area contributed by atoms with Crippen LogP contribution in [0.5, 0.6) is 0 Å². The molecule has 2 aliphatic rings. The van der Waals surface area contributed by atoms with Crippen LogP contribution in [-0.2, 0) is 18.4 Å². The molecule has 0 saturated carbocycles. The Morgan fingerprint density at radius 1 is 1.18 bits per heavy atom. The highest BCUT2D eigenvalue weighted by atomic mass is 16.2. The molecule has 3 heterocycles. The first-order chi connectivity index (χ1) is 13.5. The quantitative estimate of drug-likeness (QED) is 0.802. The lowest BCUT2D eigenvalue weighted by atomic mass is 9.77. The van der Waals surface area contributed by atoms with Crippen LogP contribution < -0.4 is 0 Å². The molecule has 4 rings (SSSR count). The van der Waals surface area contributed by atoms with Crippen molar-refractivity contribution in [2.24, 2.45) is 12.5 Å². The highest BCUT2D eigenvalue weighted by Crippen LogP contribution is 2.41. The van der Waals surface area contributed by atoms with Gasteiger partial charge in [0.25, 0.3) is 0 Å². The Balaban J connectivity index is 1.30. The van der Waals surface area contributed by atoms with Crippen molar-refractivity contribution in [1.82, 2.24) is 19.6 Å². The number of piperidine rings is 1. The maximum Gasteiger partial charge on any atom is 0.223 e. The highest BCUT2D eigenvalue weighted by Gasteiger charge is 2.44. The fourth-order valence-electron chi connectivity index (χ4n) is 4.49. The van der Waals surface area contributed by atoms with Gasteiger partial charge in [-0.2, -0.15) is 5.10 Å². The van der Waals surface area contributed by atoms with E-state index in [1.54, 1.807) is 0 Å². The van der Waals surface area contributed by atoms with E-state index in [0.717, 1.165) is 39.0 Å². The Morgan fingerprint density at radius 2 is 1.93 bits per heavy atom. The third kappa shape index (κ3) is 4.04. The second-order valence-electron chi connectivity index (χ2n) is 8.42. The summed E-state index contributed by atoms with van der Waals surface area (Å²) in [6.45, 7) is 6.85. The number of benzene rings is 1. The van der Waals surface area contributed by atoms with Gasteiger partial charge in [0.15, 0.2) is 0 Å². The molecular weight excluding hydrogens is 348 g/mol. The van der Waals surface area contributed by atoms with E-state index in [4.69, 9.17) is 0 Å². The Labute approximate surface area is 167 Å². The Morgan fingerprint density at radius 3 is 2.61 bits per heavy atom. The normalized spacial score (nSPS) is 19.9. The number of aryl methyl sites for hydroxylation is 1. The summed E-state index contributed by atoms with van der Waals surface area (Å²) in [5, 5.41) is 4.36. The molecule has 0 N–H and O–H groups in total. The van der Waals surface area contributed by atoms with Gasteiger partial charge in [-0.25, -0.2) is 0 Å². The van der Waals surface area contributed by atoms with Crippen molar-refractivity contribution in [1.29, 1.82) is 0 Å². The summed E-state index contributed by atoms with van der Waals surface area (Å²) in [5.41, 5.74) is 3.92. The average molecular weight is 379 g/mol. The lowest BCUT2D eigenvalue weighted by Gasteiger charge is -2.38. The minimum absolute atomic E-state index is 0.179. The Bertz CT molecular complexity index is 847. The molecule has 2 aromatic rings. The van der Waals surface area contributed by atoms with Crippen LogP contribution in [0, 0.1) is 12.3 Å². The zero-order valence-electron chi connectivity index (χ0n) is 17.0. The molecule has 5 heteroatoms. The molecule has 1 aromatic carbocycles. The molecule has 0 aliphatic carbocycles. The van der Waals surface area contributed by atoms with Gasteiger partial charge in [0.05, 0.1) is 6.20 Å². The summed E-state index contributed by atoms with van der Waals surface area (Å²) in [6, 6.07) is 10.3. The smallest absolute Gasteiger partial charge is 0.223 e. The van der Waals surface area contributed by atoms with Gasteiger partial charge in [-0.3, -0.25) is 14.4 Å². The van der Waals surface area contributed by atoms with Crippen molar-refractivity contribution in [2.45, 2.75) is 32.7 Å². The molecular formula is C23H30N4O. The van der Waals surface area contributed by atoms with Gasteiger partial charge in [0.1, 0.15) is 0 Å². The highest BCUT2D eigenvalue weighted by molar-refractivity contribution is 5.79. The van der Waals surface area contributed by atoms with Gasteiger partial charge in [-0.1, -0.05) is 42.5 Å². The Hall–Kier alpha value is -2.40. The maximum absolute atomic E-state index is 12.6. The van der Waals surface area contributed by atoms with Crippen LogP contribution in [0.3, 0.4) is 0 Å². The molecule has 0 atom stereocenters. The van der Waals surface area contributed by atoms with Crippen molar-refractivity contribution < 1.29 is 4.79 Å². The van der Waals surface area contributed by atoms with Gasteiger partial charge >= 0.3 is 0 Å². The first-order valence-electron chi connectivity index (χ1n) is 10.2. The molecule has 2 fully saturated rings. The molecule has 0 unspecified atom stereocenters. The zero-order valence-corrected chi connectivity index (χ0v) is 17.0. The van der Waals surface area contributed by atoms with E-state index in [0.29, 0.717) is 18.9 Å². The second-order valence-corrected chi connectivity index (χ2v) is 8.42. The summed E-state index contributed by atoms with van der Waals surface area (Å²) in [7, 11) is 2.00. The van der Waals surface area contributed by atoms with Crippen LogP contribution in [0.15, 0.2) is 42.6 Å². The van der Waals surface area contributed by atoms with Crippen LogP contribution in [0.2, 0.25) is 0 Å². The molecule has 2 saturated heterocycles. The number of hydrogen-bond donors (Lipinski definition) is 0. The number of carbonyl (C=O) groups is 1. The summed E-state index contributed by atoms with van der Waals surface area (Å²) < 4.78 is 1.94. The predicted molar refractivity (Wildman–Crippen MR) is 112 cm³/mol. The second kappa shape index (κ2) is 7.92. The van der Waals surface area contributed by atoms with Gasteiger partial charge < -0.3 is 4.90 Å². The number of aromatic nitrogens is 2. The monoisotopic (exact) mass is 378 g/mol. The zero-order chi connectivity index (χ0) is 19.6. The third-order valence-electron chi connectivity index (χ3n) is 6.49. The standard InChI is InChI=1S/C23H30N4O/c1-19-21(16-24-25(19)2)17-26-13-10-23(11-14-26)15-22(28)27(18-23)12-6-9-20-7-4-3-5-8-20/h3-9,16H,10-15,17-18H2,1-2H3. The molecule has 5 nitrogen and oxygen atoms in total. The molecule has 0 radical (unpaired) electrons. The number of rotatable bonds is 5. The van der Waals surface area contributed by atoms with Gasteiger partial charge in [-0.15, -0.1) is 0 Å². The largest absolute Gasteiger partial charge is 0.338 e. The van der Waals surface area contributed by atoms with E-state index >= 15 is 0 Å². The lowest BCUT2D eigenvalue weighted by Crippen LogP contribution is -2.41. The fraction of sp³-hybridized carbons (Fsp3) is 0.478. The van der Waals surface area contributed by atoms with Crippen LogP contribution >= 0.6 is 0 Å². The van der Waals surface area contributed by atoms with Crippen LogP contribution in [0.1, 0.15) is 36.1 Å². The molecule has 1 amide bonds. The van der Waals surface area contributed by atoms with Gasteiger partial charge in [0.2, 0.25) is 5.91 Å². The van der Waals surface area contributed by atoms with E-state index < -0.39 is 0 Å². The predicted octanol–water partition coefficient (Wildman–Crippen LogP) is 3.26. The molecule has 2 aliphatic heterocycles. The van der Waals surface area contributed by atoms with Crippen molar-refractivity contribution in [3.8, 4) is 0 Å². The number of amides is 1. The van der Waals surface area contributed by atoms with E-state index in [1.165, 1.54) is 16.8 Å². The topological polar surface area (TPSA) is 41.4 Å². The number of nitrogens with zero attached hydrogens (tertiary/aromatic N) is 4. The van der Waals surface area contributed by atoms with E-state index in [9.17, 15) is 4.79 Å². The molecule has 1 spiro atoms. The van der Waals surface area contributed by atoms with Crippen molar-refractivity contribution in [3.05, 3.63) is 59.4 Å². The average Bonchev–Trinajstić information content (AvgIpc) is 3.18. The van der Waals surface area contributed by atoms with Gasteiger partial charge in [0, 0.05) is 44.4 Å². The van der Waals surface area contributed by atoms with Crippen LogP contribution in [-0.4, -0.2) is 51.7 Å². The fourth-order valence-corrected chi connectivity index (χ4v) is 4.49. The Kier molecular flexibility index (Phi) is 5.36. The van der Waals surface area contributed by atoms with Gasteiger partial charge in [-0.05, 0) is 43.8 Å². The molecule has 148 valence electrons. The third-order valence-corrected chi connectivity index (χ3v) is 6.49.